The Morgan fingerprint density at radius 2 is 2.09 bits per heavy atom. The first-order valence-corrected chi connectivity index (χ1v) is 11.8. The monoisotopic (exact) mass is 503 g/mol. The highest BCUT2D eigenvalue weighted by Gasteiger charge is 2.45. The number of likely N-dealkylation sites (tertiary alicyclic amines) is 1. The third-order valence-electron chi connectivity index (χ3n) is 6.71. The van der Waals surface area contributed by atoms with Crippen LogP contribution < -0.4 is 5.32 Å². The summed E-state index contributed by atoms with van der Waals surface area (Å²) in [5, 5.41) is 20.0. The number of nitrogens with zero attached hydrogens (tertiary/aromatic N) is 3. The van der Waals surface area contributed by atoms with Gasteiger partial charge in [0.05, 0.1) is 10.4 Å². The van der Waals surface area contributed by atoms with E-state index in [4.69, 9.17) is 11.6 Å². The number of aromatic nitrogens is 3. The zero-order valence-corrected chi connectivity index (χ0v) is 20.6. The fourth-order valence-corrected chi connectivity index (χ4v) is 4.97. The molecule has 0 aliphatic carbocycles. The number of rotatable bonds is 7. The van der Waals surface area contributed by atoms with Crippen LogP contribution in [0.4, 0.5) is 20.4 Å². The van der Waals surface area contributed by atoms with E-state index >= 15 is 0 Å². The molecular formula is C25H28ClF2N5O2. The van der Waals surface area contributed by atoms with Crippen LogP contribution in [-0.4, -0.2) is 43.7 Å². The van der Waals surface area contributed by atoms with E-state index in [0.717, 1.165) is 5.69 Å². The summed E-state index contributed by atoms with van der Waals surface area (Å²) in [6.07, 6.45) is 0.861. The molecule has 35 heavy (non-hydrogen) atoms. The fraction of sp³-hybridized carbons (Fsp3) is 0.400. The van der Waals surface area contributed by atoms with Gasteiger partial charge in [-0.05, 0) is 57.9 Å². The number of hydrogen-bond acceptors (Lipinski definition) is 5. The third kappa shape index (κ3) is 5.31. The summed E-state index contributed by atoms with van der Waals surface area (Å²) in [6, 6.07) is 8.10. The molecule has 10 heteroatoms. The molecule has 1 aliphatic rings. The van der Waals surface area contributed by atoms with Gasteiger partial charge in [-0.1, -0.05) is 23.7 Å². The standard InChI is InChI=1S/C25H28ClF2N5O2/c1-14-9-18(29-23(21(14)27)30-20-10-15(2)31-32-20)12-25(24(34)35)7-8-33(16(3)11-25)13-17-5-4-6-19(26)22(17)28/h4-6,9-10,16H,7-8,11-13H2,1-3H3,(H,34,35)(H2,29,30,31,32)/t16-,25-/m1/s1. The highest BCUT2D eigenvalue weighted by Crippen LogP contribution is 2.39. The Bertz CT molecular complexity index is 1250. The number of piperidine rings is 1. The molecule has 3 aromatic rings. The number of pyridine rings is 1. The lowest BCUT2D eigenvalue weighted by Gasteiger charge is -2.43. The number of nitrogens with one attached hydrogen (secondary N) is 2. The van der Waals surface area contributed by atoms with Gasteiger partial charge in [-0.3, -0.25) is 14.8 Å². The van der Waals surface area contributed by atoms with Crippen LogP contribution in [0.25, 0.3) is 0 Å². The number of carboxylic acid groups (broad SMARTS) is 1. The van der Waals surface area contributed by atoms with Crippen LogP contribution in [0.3, 0.4) is 0 Å². The lowest BCUT2D eigenvalue weighted by atomic mass is 9.72. The van der Waals surface area contributed by atoms with Gasteiger partial charge in [0.1, 0.15) is 5.82 Å². The molecule has 1 saturated heterocycles. The van der Waals surface area contributed by atoms with E-state index in [9.17, 15) is 18.7 Å². The van der Waals surface area contributed by atoms with Crippen molar-refractivity contribution in [1.29, 1.82) is 0 Å². The van der Waals surface area contributed by atoms with Gasteiger partial charge in [-0.2, -0.15) is 5.10 Å². The largest absolute Gasteiger partial charge is 0.481 e. The van der Waals surface area contributed by atoms with Crippen molar-refractivity contribution in [2.75, 3.05) is 11.9 Å². The normalized spacial score (nSPS) is 20.7. The minimum atomic E-state index is -1.07. The quantitative estimate of drug-likeness (QED) is 0.400. The smallest absolute Gasteiger partial charge is 0.310 e. The van der Waals surface area contributed by atoms with Crippen LogP contribution in [0.15, 0.2) is 30.3 Å². The summed E-state index contributed by atoms with van der Waals surface area (Å²) in [5.41, 5.74) is 1.08. The topological polar surface area (TPSA) is 94.1 Å². The number of aliphatic carboxylic acids is 1. The maximum absolute atomic E-state index is 14.8. The lowest BCUT2D eigenvalue weighted by molar-refractivity contribution is -0.153. The van der Waals surface area contributed by atoms with E-state index in [1.54, 1.807) is 31.2 Å². The molecular weight excluding hydrogens is 476 g/mol. The third-order valence-corrected chi connectivity index (χ3v) is 7.00. The Hall–Kier alpha value is -3.04. The molecule has 1 fully saturated rings. The number of hydrogen-bond donors (Lipinski definition) is 3. The number of halogens is 3. The van der Waals surface area contributed by atoms with Gasteiger partial charge in [0.25, 0.3) is 0 Å². The second kappa shape index (κ2) is 9.91. The van der Waals surface area contributed by atoms with Crippen molar-refractivity contribution < 1.29 is 18.7 Å². The second-order valence-electron chi connectivity index (χ2n) is 9.40. The Labute approximate surface area is 207 Å². The van der Waals surface area contributed by atoms with Gasteiger partial charge in [0.2, 0.25) is 0 Å². The molecule has 186 valence electrons. The molecule has 3 N–H and O–H groups in total. The fourth-order valence-electron chi connectivity index (χ4n) is 4.78. The first kappa shape index (κ1) is 25.1. The van der Waals surface area contributed by atoms with Crippen LogP contribution in [0.1, 0.15) is 42.3 Å². The van der Waals surface area contributed by atoms with E-state index in [2.05, 4.69) is 25.4 Å². The molecule has 1 aliphatic heterocycles. The van der Waals surface area contributed by atoms with E-state index in [1.807, 2.05) is 13.8 Å². The number of H-pyrrole nitrogens is 1. The second-order valence-corrected chi connectivity index (χ2v) is 9.81. The van der Waals surface area contributed by atoms with E-state index < -0.39 is 23.0 Å². The summed E-state index contributed by atoms with van der Waals surface area (Å²) in [5.74, 6) is -1.44. The van der Waals surface area contributed by atoms with Crippen molar-refractivity contribution in [2.45, 2.75) is 52.6 Å². The highest BCUT2D eigenvalue weighted by atomic mass is 35.5. The van der Waals surface area contributed by atoms with Crippen molar-refractivity contribution in [2.24, 2.45) is 5.41 Å². The maximum Gasteiger partial charge on any atom is 0.310 e. The SMILES string of the molecule is Cc1cc(Nc2nc(C[C@@]3(C(=O)O)CCN(Cc4cccc(Cl)c4F)[C@H](C)C3)cc(C)c2F)n[nH]1. The first-order valence-electron chi connectivity index (χ1n) is 11.4. The molecule has 7 nitrogen and oxygen atoms in total. The highest BCUT2D eigenvalue weighted by molar-refractivity contribution is 6.30. The predicted molar refractivity (Wildman–Crippen MR) is 130 cm³/mol. The molecule has 0 spiro atoms. The minimum Gasteiger partial charge on any atom is -0.481 e. The Kier molecular flexibility index (Phi) is 7.10. The maximum atomic E-state index is 14.8. The van der Waals surface area contributed by atoms with Crippen LogP contribution in [0.5, 0.6) is 0 Å². The average molecular weight is 504 g/mol. The van der Waals surface area contributed by atoms with Gasteiger partial charge >= 0.3 is 5.97 Å². The molecule has 2 aromatic heterocycles. The van der Waals surface area contributed by atoms with Gasteiger partial charge in [-0.25, -0.2) is 13.8 Å². The van der Waals surface area contributed by atoms with Gasteiger partial charge < -0.3 is 10.4 Å². The van der Waals surface area contributed by atoms with Crippen LogP contribution in [0, 0.1) is 30.9 Å². The van der Waals surface area contributed by atoms with Crippen LogP contribution in [-0.2, 0) is 17.8 Å². The summed E-state index contributed by atoms with van der Waals surface area (Å²) in [7, 11) is 0. The summed E-state index contributed by atoms with van der Waals surface area (Å²) >= 11 is 5.92. The number of carboxylic acids is 1. The van der Waals surface area contributed by atoms with E-state index in [-0.39, 0.29) is 23.3 Å². The minimum absolute atomic E-state index is 0.00829. The average Bonchev–Trinajstić information content (AvgIpc) is 3.21. The predicted octanol–water partition coefficient (Wildman–Crippen LogP) is 5.39. The van der Waals surface area contributed by atoms with Gasteiger partial charge in [0, 0.05) is 42.0 Å². The number of anilines is 2. The molecule has 0 bridgehead atoms. The number of aryl methyl sites for hydroxylation is 2. The number of benzene rings is 1. The summed E-state index contributed by atoms with van der Waals surface area (Å²) in [4.78, 5) is 19.0. The zero-order valence-electron chi connectivity index (χ0n) is 19.8. The van der Waals surface area contributed by atoms with Crippen molar-refractivity contribution >= 4 is 29.2 Å². The molecule has 2 atom stereocenters. The Balaban J connectivity index is 1.54. The van der Waals surface area contributed by atoms with Crippen molar-refractivity contribution in [3.05, 3.63) is 69.5 Å². The van der Waals surface area contributed by atoms with Gasteiger partial charge in [-0.15, -0.1) is 0 Å². The molecule has 0 amide bonds. The molecule has 4 rings (SSSR count). The Morgan fingerprint density at radius 3 is 2.74 bits per heavy atom. The van der Waals surface area contributed by atoms with Crippen molar-refractivity contribution in [1.82, 2.24) is 20.1 Å². The van der Waals surface area contributed by atoms with Gasteiger partial charge in [0.15, 0.2) is 17.5 Å². The molecule has 0 unspecified atom stereocenters. The molecule has 1 aromatic carbocycles. The van der Waals surface area contributed by atoms with Crippen molar-refractivity contribution in [3.63, 3.8) is 0 Å². The van der Waals surface area contributed by atoms with Crippen LogP contribution >= 0.6 is 11.6 Å². The summed E-state index contributed by atoms with van der Waals surface area (Å²) < 4.78 is 29.2. The zero-order chi connectivity index (χ0) is 25.3. The first-order chi connectivity index (χ1) is 16.6. The number of carbonyl (C=O) groups is 1. The van der Waals surface area contributed by atoms with E-state index in [0.29, 0.717) is 48.6 Å². The molecule has 0 saturated carbocycles. The van der Waals surface area contributed by atoms with Crippen molar-refractivity contribution in [3.8, 4) is 0 Å². The van der Waals surface area contributed by atoms with E-state index in [1.165, 1.54) is 6.07 Å². The lowest BCUT2D eigenvalue weighted by Crippen LogP contribution is -2.49. The number of aromatic amines is 1. The molecule has 3 heterocycles. The Morgan fingerprint density at radius 1 is 1.31 bits per heavy atom. The van der Waals surface area contributed by atoms with Crippen LogP contribution in [0.2, 0.25) is 5.02 Å². The molecule has 0 radical (unpaired) electrons. The summed E-state index contributed by atoms with van der Waals surface area (Å²) in [6.45, 7) is 6.20.